The van der Waals surface area contributed by atoms with E-state index in [-0.39, 0.29) is 11.8 Å². The van der Waals surface area contributed by atoms with Crippen LogP contribution in [-0.4, -0.2) is 60.9 Å². The molecular weight excluding hydrogens is 382 g/mol. The van der Waals surface area contributed by atoms with Crippen molar-refractivity contribution in [3.8, 4) is 0 Å². The van der Waals surface area contributed by atoms with Crippen LogP contribution in [0, 0.1) is 0 Å². The molecule has 0 bridgehead atoms. The zero-order valence-electron chi connectivity index (χ0n) is 15.4. The van der Waals surface area contributed by atoms with Crippen LogP contribution < -0.4 is 5.32 Å². The number of nitrogens with zero attached hydrogens (tertiary/aromatic N) is 2. The molecule has 1 N–H and O–H groups in total. The Balaban J connectivity index is 1.59. The van der Waals surface area contributed by atoms with Gasteiger partial charge >= 0.3 is 0 Å². The highest BCUT2D eigenvalue weighted by Crippen LogP contribution is 2.35. The van der Waals surface area contributed by atoms with Gasteiger partial charge in [-0.3, -0.25) is 14.5 Å². The van der Waals surface area contributed by atoms with Crippen molar-refractivity contribution >= 4 is 50.9 Å². The molecular formula is C20H24ClN3O2S. The SMILES string of the molecule is CCNC(=O)CN1CCCN(C(=O)C=Cc2sc3ccccc3c2Cl)CC1. The van der Waals surface area contributed by atoms with Crippen molar-refractivity contribution in [3.63, 3.8) is 0 Å². The molecule has 3 rings (SSSR count). The van der Waals surface area contributed by atoms with E-state index in [1.54, 1.807) is 17.4 Å². The lowest BCUT2D eigenvalue weighted by Crippen LogP contribution is -2.39. The summed E-state index contributed by atoms with van der Waals surface area (Å²) in [6, 6.07) is 7.97. The minimum absolute atomic E-state index is 0.0108. The van der Waals surface area contributed by atoms with E-state index in [1.807, 2.05) is 42.2 Å². The summed E-state index contributed by atoms with van der Waals surface area (Å²) in [7, 11) is 0. The number of hydrogen-bond acceptors (Lipinski definition) is 4. The third kappa shape index (κ3) is 5.09. The summed E-state index contributed by atoms with van der Waals surface area (Å²) in [5, 5.41) is 4.54. The van der Waals surface area contributed by atoms with Crippen molar-refractivity contribution in [3.05, 3.63) is 40.2 Å². The average molecular weight is 406 g/mol. The molecule has 1 aromatic carbocycles. The number of thiophene rings is 1. The number of hydrogen-bond donors (Lipinski definition) is 1. The lowest BCUT2D eigenvalue weighted by Gasteiger charge is -2.20. The number of halogens is 1. The van der Waals surface area contributed by atoms with Gasteiger partial charge in [0.2, 0.25) is 11.8 Å². The monoisotopic (exact) mass is 405 g/mol. The molecule has 0 unspecified atom stereocenters. The van der Waals surface area contributed by atoms with E-state index in [2.05, 4.69) is 10.2 Å². The Labute approximate surface area is 168 Å². The number of benzene rings is 1. The second-order valence-electron chi connectivity index (χ2n) is 6.52. The molecule has 5 nitrogen and oxygen atoms in total. The lowest BCUT2D eigenvalue weighted by molar-refractivity contribution is -0.125. The third-order valence-electron chi connectivity index (χ3n) is 4.58. The summed E-state index contributed by atoms with van der Waals surface area (Å²) in [6.07, 6.45) is 4.28. The summed E-state index contributed by atoms with van der Waals surface area (Å²) in [6.45, 7) is 5.81. The minimum Gasteiger partial charge on any atom is -0.355 e. The smallest absolute Gasteiger partial charge is 0.246 e. The molecule has 1 aliphatic rings. The normalized spacial score (nSPS) is 16.0. The molecule has 1 aliphatic heterocycles. The molecule has 0 spiro atoms. The van der Waals surface area contributed by atoms with Gasteiger partial charge in [-0.05, 0) is 25.5 Å². The fraction of sp³-hybridized carbons (Fsp3) is 0.400. The molecule has 0 atom stereocenters. The highest BCUT2D eigenvalue weighted by atomic mass is 35.5. The molecule has 1 fully saturated rings. The van der Waals surface area contributed by atoms with Crippen molar-refractivity contribution < 1.29 is 9.59 Å². The Bertz CT molecular complexity index is 849. The van der Waals surface area contributed by atoms with E-state index in [0.29, 0.717) is 37.7 Å². The summed E-state index contributed by atoms with van der Waals surface area (Å²) in [5.41, 5.74) is 0. The first-order valence-corrected chi connectivity index (χ1v) is 10.4. The molecule has 0 radical (unpaired) electrons. The number of rotatable bonds is 5. The van der Waals surface area contributed by atoms with Crippen molar-refractivity contribution in [2.45, 2.75) is 13.3 Å². The molecule has 0 aliphatic carbocycles. The molecule has 1 saturated heterocycles. The summed E-state index contributed by atoms with van der Waals surface area (Å²) >= 11 is 8.02. The van der Waals surface area contributed by atoms with Gasteiger partial charge in [-0.15, -0.1) is 11.3 Å². The van der Waals surface area contributed by atoms with E-state index >= 15 is 0 Å². The second kappa shape index (κ2) is 9.35. The van der Waals surface area contributed by atoms with Gasteiger partial charge in [-0.2, -0.15) is 0 Å². The van der Waals surface area contributed by atoms with Crippen molar-refractivity contribution in [1.82, 2.24) is 15.1 Å². The molecule has 144 valence electrons. The summed E-state index contributed by atoms with van der Waals surface area (Å²) in [5.74, 6) is 0.0277. The van der Waals surface area contributed by atoms with E-state index in [1.165, 1.54) is 0 Å². The fourth-order valence-electron chi connectivity index (χ4n) is 3.20. The molecule has 2 heterocycles. The van der Waals surface area contributed by atoms with Crippen molar-refractivity contribution in [1.29, 1.82) is 0 Å². The highest BCUT2D eigenvalue weighted by molar-refractivity contribution is 7.20. The number of carbonyl (C=O) groups excluding carboxylic acids is 2. The largest absolute Gasteiger partial charge is 0.355 e. The maximum Gasteiger partial charge on any atom is 0.246 e. The van der Waals surface area contributed by atoms with Gasteiger partial charge in [0, 0.05) is 53.8 Å². The van der Waals surface area contributed by atoms with Crippen LogP contribution in [0.3, 0.4) is 0 Å². The molecule has 0 saturated carbocycles. The highest BCUT2D eigenvalue weighted by Gasteiger charge is 2.19. The summed E-state index contributed by atoms with van der Waals surface area (Å²) in [4.78, 5) is 29.2. The zero-order valence-corrected chi connectivity index (χ0v) is 17.0. The Morgan fingerprint density at radius 3 is 2.81 bits per heavy atom. The van der Waals surface area contributed by atoms with Gasteiger partial charge in [-0.1, -0.05) is 29.8 Å². The Kier molecular flexibility index (Phi) is 6.88. The molecule has 1 aromatic heterocycles. The van der Waals surface area contributed by atoms with Crippen LogP contribution in [0.2, 0.25) is 5.02 Å². The first-order chi connectivity index (χ1) is 13.1. The topological polar surface area (TPSA) is 52.7 Å². The van der Waals surface area contributed by atoms with Gasteiger partial charge in [0.25, 0.3) is 0 Å². The van der Waals surface area contributed by atoms with Crippen LogP contribution in [-0.2, 0) is 9.59 Å². The first kappa shape index (κ1) is 19.9. The maximum absolute atomic E-state index is 12.6. The quantitative estimate of drug-likeness (QED) is 0.777. The van der Waals surface area contributed by atoms with Gasteiger partial charge in [-0.25, -0.2) is 0 Å². The van der Waals surface area contributed by atoms with Crippen LogP contribution >= 0.6 is 22.9 Å². The molecule has 7 heteroatoms. The predicted molar refractivity (Wildman–Crippen MR) is 112 cm³/mol. The van der Waals surface area contributed by atoms with E-state index < -0.39 is 0 Å². The van der Waals surface area contributed by atoms with Crippen molar-refractivity contribution in [2.75, 3.05) is 39.3 Å². The standard InChI is InChI=1S/C20H24ClN3O2S/c1-2-22-18(25)14-23-10-5-11-24(13-12-23)19(26)9-8-17-20(21)15-6-3-4-7-16(15)27-17/h3-4,6-9H,2,5,10-14H2,1H3,(H,22,25). The van der Waals surface area contributed by atoms with Crippen LogP contribution in [0.1, 0.15) is 18.2 Å². The third-order valence-corrected chi connectivity index (χ3v) is 6.23. The first-order valence-electron chi connectivity index (χ1n) is 9.21. The Hall–Kier alpha value is -1.89. The van der Waals surface area contributed by atoms with E-state index in [9.17, 15) is 9.59 Å². The van der Waals surface area contributed by atoms with Crippen LogP contribution in [0.15, 0.2) is 30.3 Å². The second-order valence-corrected chi connectivity index (χ2v) is 7.98. The molecule has 2 amide bonds. The number of fused-ring (bicyclic) bond motifs is 1. The van der Waals surface area contributed by atoms with Crippen LogP contribution in [0.4, 0.5) is 0 Å². The molecule has 2 aromatic rings. The number of nitrogens with one attached hydrogen (secondary N) is 1. The van der Waals surface area contributed by atoms with Crippen LogP contribution in [0.25, 0.3) is 16.2 Å². The Morgan fingerprint density at radius 1 is 1.22 bits per heavy atom. The lowest BCUT2D eigenvalue weighted by atomic mass is 10.2. The number of amides is 2. The van der Waals surface area contributed by atoms with Gasteiger partial charge < -0.3 is 10.2 Å². The molecule has 27 heavy (non-hydrogen) atoms. The zero-order chi connectivity index (χ0) is 19.2. The Morgan fingerprint density at radius 2 is 2.04 bits per heavy atom. The van der Waals surface area contributed by atoms with Crippen molar-refractivity contribution in [2.24, 2.45) is 0 Å². The van der Waals surface area contributed by atoms with E-state index in [4.69, 9.17) is 11.6 Å². The number of likely N-dealkylation sites (N-methyl/N-ethyl adjacent to an activating group) is 1. The van der Waals surface area contributed by atoms with Crippen LogP contribution in [0.5, 0.6) is 0 Å². The minimum atomic E-state index is -0.0108. The van der Waals surface area contributed by atoms with Gasteiger partial charge in [0.05, 0.1) is 11.6 Å². The fourth-order valence-corrected chi connectivity index (χ4v) is 4.60. The predicted octanol–water partition coefficient (Wildman–Crippen LogP) is 3.24. The van der Waals surface area contributed by atoms with E-state index in [0.717, 1.165) is 27.9 Å². The van der Waals surface area contributed by atoms with Gasteiger partial charge in [0.15, 0.2) is 0 Å². The maximum atomic E-state index is 12.6. The summed E-state index contributed by atoms with van der Waals surface area (Å²) < 4.78 is 1.12. The number of carbonyl (C=O) groups is 2. The van der Waals surface area contributed by atoms with Gasteiger partial charge in [0.1, 0.15) is 0 Å². The average Bonchev–Trinajstić information content (AvgIpc) is 2.81.